The molecule has 2 fully saturated rings. The maximum atomic E-state index is 11.9. The molecule has 2 aliphatic heterocycles. The van der Waals surface area contributed by atoms with Gasteiger partial charge in [-0.1, -0.05) is 12.1 Å². The largest absolute Gasteiger partial charge is 0.380 e. The molecule has 0 saturated carbocycles. The van der Waals surface area contributed by atoms with Crippen molar-refractivity contribution in [1.29, 1.82) is 0 Å². The number of rotatable bonds is 3. The van der Waals surface area contributed by atoms with Crippen LogP contribution in [0.1, 0.15) is 42.6 Å². The van der Waals surface area contributed by atoms with Gasteiger partial charge in [-0.15, -0.1) is 11.8 Å². The summed E-state index contributed by atoms with van der Waals surface area (Å²) in [4.78, 5) is 16.4. The van der Waals surface area contributed by atoms with Crippen LogP contribution in [0.5, 0.6) is 0 Å². The van der Waals surface area contributed by atoms with Gasteiger partial charge in [0.25, 0.3) is 0 Å². The Bertz CT molecular complexity index is 480. The van der Waals surface area contributed by atoms with Crippen LogP contribution in [-0.4, -0.2) is 45.9 Å². The molecule has 20 heavy (non-hydrogen) atoms. The molecule has 3 heterocycles. The Hall–Kier alpha value is -0.530. The maximum Gasteiger partial charge on any atom is 0.239 e. The van der Waals surface area contributed by atoms with Crippen molar-refractivity contribution < 1.29 is 14.1 Å². The predicted molar refractivity (Wildman–Crippen MR) is 79.2 cm³/mol. The van der Waals surface area contributed by atoms with Crippen LogP contribution < -0.4 is 0 Å². The summed E-state index contributed by atoms with van der Waals surface area (Å²) in [5, 5.41) is 4.92. The van der Waals surface area contributed by atoms with Crippen molar-refractivity contribution in [3.8, 4) is 0 Å². The molecule has 7 heteroatoms. The van der Waals surface area contributed by atoms with Crippen molar-refractivity contribution in [2.24, 2.45) is 0 Å². The van der Waals surface area contributed by atoms with Gasteiger partial charge in [-0.3, -0.25) is 4.79 Å². The number of hydrogen-bond acceptors (Lipinski definition) is 7. The Kier molecular flexibility index (Phi) is 4.68. The molecule has 2 aliphatic rings. The van der Waals surface area contributed by atoms with Gasteiger partial charge >= 0.3 is 0 Å². The van der Waals surface area contributed by atoms with Crippen molar-refractivity contribution >= 4 is 29.3 Å². The van der Waals surface area contributed by atoms with Crippen LogP contribution in [0.2, 0.25) is 0 Å². The number of aromatic nitrogens is 2. The number of Topliss-reactive ketones (excluding diaryl/α,β-unsaturated/α-hetero) is 1. The number of ketones is 1. The Balaban J connectivity index is 1.77. The van der Waals surface area contributed by atoms with E-state index >= 15 is 0 Å². The Labute approximate surface area is 126 Å². The topological polar surface area (TPSA) is 65.2 Å². The molecule has 5 nitrogen and oxygen atoms in total. The van der Waals surface area contributed by atoms with E-state index in [0.29, 0.717) is 30.8 Å². The standard InChI is InChI=1S/C13H18N2O3S2/c1-2-10-11(20-6-5-19-10)12-14-13(18-15-12)8-7-17-4-3-9(8)16/h8,10-11H,2-7H2,1H3. The molecule has 0 spiro atoms. The molecule has 1 aromatic rings. The van der Waals surface area contributed by atoms with Crippen molar-refractivity contribution in [1.82, 2.24) is 10.1 Å². The highest BCUT2D eigenvalue weighted by atomic mass is 32.2. The van der Waals surface area contributed by atoms with Gasteiger partial charge in [0.1, 0.15) is 11.7 Å². The Morgan fingerprint density at radius 1 is 1.35 bits per heavy atom. The van der Waals surface area contributed by atoms with Crippen LogP contribution in [0, 0.1) is 0 Å². The smallest absolute Gasteiger partial charge is 0.239 e. The molecule has 0 aliphatic carbocycles. The summed E-state index contributed by atoms with van der Waals surface area (Å²) in [6, 6.07) is 0. The number of hydrogen-bond donors (Lipinski definition) is 0. The highest BCUT2D eigenvalue weighted by molar-refractivity contribution is 8.06. The third-order valence-electron chi connectivity index (χ3n) is 3.63. The summed E-state index contributed by atoms with van der Waals surface area (Å²) >= 11 is 3.87. The van der Waals surface area contributed by atoms with E-state index < -0.39 is 0 Å². The van der Waals surface area contributed by atoms with Crippen LogP contribution >= 0.6 is 23.5 Å². The van der Waals surface area contributed by atoms with Crippen molar-refractivity contribution in [3.05, 3.63) is 11.7 Å². The lowest BCUT2D eigenvalue weighted by Gasteiger charge is -2.27. The number of ether oxygens (including phenoxy) is 1. The van der Waals surface area contributed by atoms with E-state index in [2.05, 4.69) is 17.1 Å². The SMILES string of the molecule is CCC1SCCSC1c1noc(C2COCCC2=O)n1. The zero-order valence-electron chi connectivity index (χ0n) is 11.4. The summed E-state index contributed by atoms with van der Waals surface area (Å²) in [6.07, 6.45) is 1.53. The highest BCUT2D eigenvalue weighted by Gasteiger charge is 2.34. The minimum absolute atomic E-state index is 0.143. The zero-order chi connectivity index (χ0) is 13.9. The summed E-state index contributed by atoms with van der Waals surface area (Å²) < 4.78 is 10.7. The van der Waals surface area contributed by atoms with Crippen LogP contribution in [0.25, 0.3) is 0 Å². The first-order chi connectivity index (χ1) is 9.79. The molecule has 0 N–H and O–H groups in total. The fraction of sp³-hybridized carbons (Fsp3) is 0.769. The highest BCUT2D eigenvalue weighted by Crippen LogP contribution is 2.43. The van der Waals surface area contributed by atoms with Gasteiger partial charge in [0.15, 0.2) is 5.82 Å². The van der Waals surface area contributed by atoms with Crippen molar-refractivity contribution in [3.63, 3.8) is 0 Å². The third kappa shape index (κ3) is 2.89. The second kappa shape index (κ2) is 6.49. The summed E-state index contributed by atoms with van der Waals surface area (Å²) in [6.45, 7) is 3.06. The number of carbonyl (C=O) groups is 1. The van der Waals surface area contributed by atoms with Crippen molar-refractivity contribution in [2.75, 3.05) is 24.7 Å². The van der Waals surface area contributed by atoms with Crippen LogP contribution in [-0.2, 0) is 9.53 Å². The van der Waals surface area contributed by atoms with Gasteiger partial charge in [-0.2, -0.15) is 16.7 Å². The fourth-order valence-corrected chi connectivity index (χ4v) is 5.48. The molecule has 3 rings (SSSR count). The molecule has 3 atom stereocenters. The van der Waals surface area contributed by atoms with Crippen LogP contribution in [0.15, 0.2) is 4.52 Å². The van der Waals surface area contributed by atoms with Crippen LogP contribution in [0.4, 0.5) is 0 Å². The first-order valence-corrected chi connectivity index (χ1v) is 9.06. The van der Waals surface area contributed by atoms with E-state index in [0.717, 1.165) is 18.0 Å². The molecule has 3 unspecified atom stereocenters. The third-order valence-corrected chi connectivity index (χ3v) is 6.87. The Morgan fingerprint density at radius 2 is 2.20 bits per heavy atom. The van der Waals surface area contributed by atoms with Gasteiger partial charge in [-0.25, -0.2) is 0 Å². The molecule has 1 aromatic heterocycles. The molecule has 110 valence electrons. The lowest BCUT2D eigenvalue weighted by Crippen LogP contribution is -2.26. The quantitative estimate of drug-likeness (QED) is 0.849. The second-order valence-corrected chi connectivity index (χ2v) is 7.54. The minimum Gasteiger partial charge on any atom is -0.380 e. The Morgan fingerprint density at radius 3 is 3.00 bits per heavy atom. The van der Waals surface area contributed by atoms with Gasteiger partial charge in [0.2, 0.25) is 5.89 Å². The second-order valence-electron chi connectivity index (χ2n) is 4.94. The molecular weight excluding hydrogens is 296 g/mol. The predicted octanol–water partition coefficient (Wildman–Crippen LogP) is 2.44. The average molecular weight is 314 g/mol. The average Bonchev–Trinajstić information content (AvgIpc) is 2.97. The number of nitrogens with zero attached hydrogens (tertiary/aromatic N) is 2. The first kappa shape index (κ1) is 14.4. The van der Waals surface area contributed by atoms with Gasteiger partial charge in [0, 0.05) is 23.2 Å². The molecular formula is C13H18N2O3S2. The van der Waals surface area contributed by atoms with E-state index in [1.807, 2.05) is 23.5 Å². The normalized spacial score (nSPS) is 31.4. The molecule has 0 bridgehead atoms. The van der Waals surface area contributed by atoms with E-state index in [4.69, 9.17) is 9.26 Å². The summed E-state index contributed by atoms with van der Waals surface area (Å²) in [7, 11) is 0. The lowest BCUT2D eigenvalue weighted by atomic mass is 10.0. The molecule has 0 radical (unpaired) electrons. The van der Waals surface area contributed by atoms with E-state index in [1.165, 1.54) is 5.75 Å². The van der Waals surface area contributed by atoms with Gasteiger partial charge < -0.3 is 9.26 Å². The van der Waals surface area contributed by atoms with Gasteiger partial charge in [-0.05, 0) is 6.42 Å². The lowest BCUT2D eigenvalue weighted by molar-refractivity contribution is -0.127. The summed E-state index contributed by atoms with van der Waals surface area (Å²) in [5.41, 5.74) is 0. The minimum atomic E-state index is -0.369. The number of thioether (sulfide) groups is 2. The number of carbonyl (C=O) groups excluding carboxylic acids is 1. The zero-order valence-corrected chi connectivity index (χ0v) is 13.0. The van der Waals surface area contributed by atoms with Crippen LogP contribution in [0.3, 0.4) is 0 Å². The molecule has 0 aromatic carbocycles. The van der Waals surface area contributed by atoms with E-state index in [9.17, 15) is 4.79 Å². The van der Waals surface area contributed by atoms with Crippen molar-refractivity contribution in [2.45, 2.75) is 36.2 Å². The molecule has 2 saturated heterocycles. The monoisotopic (exact) mass is 314 g/mol. The van der Waals surface area contributed by atoms with Gasteiger partial charge in [0.05, 0.1) is 18.5 Å². The summed E-state index contributed by atoms with van der Waals surface area (Å²) in [5.74, 6) is 3.23. The maximum absolute atomic E-state index is 11.9. The van der Waals surface area contributed by atoms with E-state index in [1.54, 1.807) is 0 Å². The first-order valence-electron chi connectivity index (χ1n) is 6.96. The van der Waals surface area contributed by atoms with E-state index in [-0.39, 0.29) is 17.0 Å². The molecule has 0 amide bonds. The fourth-order valence-electron chi connectivity index (χ4n) is 2.50.